The smallest absolute Gasteiger partial charge is 0.0471 e. The van der Waals surface area contributed by atoms with Crippen molar-refractivity contribution in [2.45, 2.75) is 19.9 Å². The summed E-state index contributed by atoms with van der Waals surface area (Å²) in [6.45, 7) is 4.43. The van der Waals surface area contributed by atoms with Crippen LogP contribution in [-0.4, -0.2) is 13.1 Å². The van der Waals surface area contributed by atoms with Crippen molar-refractivity contribution in [2.24, 2.45) is 0 Å². The van der Waals surface area contributed by atoms with Gasteiger partial charge in [0, 0.05) is 18.8 Å². The lowest BCUT2D eigenvalue weighted by atomic mass is 9.98. The second-order valence-electron chi connectivity index (χ2n) is 3.73. The molecule has 14 heavy (non-hydrogen) atoms. The van der Waals surface area contributed by atoms with Crippen LogP contribution in [0.1, 0.15) is 19.4 Å². The number of para-hydroxylation sites is 1. The number of rotatable bonds is 0. The maximum Gasteiger partial charge on any atom is 0.0471 e. The first-order chi connectivity index (χ1) is 6.20. The molecule has 0 spiro atoms. The van der Waals surface area contributed by atoms with Crippen LogP contribution in [0, 0.1) is 0 Å². The fourth-order valence-corrected chi connectivity index (χ4v) is 1.81. The summed E-state index contributed by atoms with van der Waals surface area (Å²) in [5, 5.41) is 0. The van der Waals surface area contributed by atoms with E-state index in [1.807, 2.05) is 0 Å². The van der Waals surface area contributed by atoms with Gasteiger partial charge in [0.15, 0.2) is 0 Å². The first-order valence-corrected chi connectivity index (χ1v) is 4.70. The maximum absolute atomic E-state index is 2.32. The van der Waals surface area contributed by atoms with Gasteiger partial charge >= 0.3 is 0 Å². The Kier molecular flexibility index (Phi) is 3.59. The second-order valence-corrected chi connectivity index (χ2v) is 3.73. The van der Waals surface area contributed by atoms with Gasteiger partial charge in [0.05, 0.1) is 0 Å². The molecule has 1 aliphatic rings. The van der Waals surface area contributed by atoms with Crippen LogP contribution < -0.4 is 4.90 Å². The van der Waals surface area contributed by atoms with E-state index in [0.29, 0.717) is 6.04 Å². The van der Waals surface area contributed by atoms with Crippen molar-refractivity contribution >= 4 is 35.7 Å². The third-order valence-electron chi connectivity index (χ3n) is 2.94. The normalized spacial score (nSPS) is 19.5. The monoisotopic (exact) mass is 301 g/mol. The Bertz CT molecular complexity index is 357. The van der Waals surface area contributed by atoms with E-state index in [2.05, 4.69) is 56.1 Å². The molecular weight excluding hydrogens is 285 g/mol. The van der Waals surface area contributed by atoms with Gasteiger partial charge in [-0.05, 0) is 25.5 Å². The highest BCUT2D eigenvalue weighted by molar-refractivity contribution is 14.0. The number of hydrogen-bond donors (Lipinski definition) is 0. The minimum atomic E-state index is 0. The third-order valence-corrected chi connectivity index (χ3v) is 2.94. The van der Waals surface area contributed by atoms with E-state index in [4.69, 9.17) is 0 Å². The molecule has 2 heteroatoms. The van der Waals surface area contributed by atoms with E-state index in [9.17, 15) is 0 Å². The van der Waals surface area contributed by atoms with Crippen molar-refractivity contribution in [2.75, 3.05) is 11.9 Å². The molecule has 0 aromatic heterocycles. The SMILES string of the molecule is CC1=Cc2ccccc2N(C)C1C.I. The molecule has 0 amide bonds. The second kappa shape index (κ2) is 4.34. The number of anilines is 1. The maximum atomic E-state index is 2.32. The number of halogens is 1. The molecule has 0 saturated carbocycles. The predicted octanol–water partition coefficient (Wildman–Crippen LogP) is 3.55. The first kappa shape index (κ1) is 11.6. The first-order valence-electron chi connectivity index (χ1n) is 4.70. The fourth-order valence-electron chi connectivity index (χ4n) is 1.81. The molecule has 0 N–H and O–H groups in total. The molecule has 0 aliphatic carbocycles. The molecule has 1 aromatic carbocycles. The van der Waals surface area contributed by atoms with Gasteiger partial charge in [0.2, 0.25) is 0 Å². The van der Waals surface area contributed by atoms with Crippen LogP contribution in [0.15, 0.2) is 29.8 Å². The van der Waals surface area contributed by atoms with Crippen LogP contribution in [0.4, 0.5) is 5.69 Å². The van der Waals surface area contributed by atoms with E-state index in [1.54, 1.807) is 0 Å². The van der Waals surface area contributed by atoms with Crippen molar-refractivity contribution in [3.63, 3.8) is 0 Å². The molecule has 76 valence electrons. The van der Waals surface area contributed by atoms with Crippen LogP contribution in [0.25, 0.3) is 6.08 Å². The lowest BCUT2D eigenvalue weighted by Crippen LogP contribution is -2.32. The van der Waals surface area contributed by atoms with Crippen molar-refractivity contribution in [3.05, 3.63) is 35.4 Å². The molecule has 0 saturated heterocycles. The molecular formula is C12H16IN. The molecule has 2 rings (SSSR count). The number of fused-ring (bicyclic) bond motifs is 1. The van der Waals surface area contributed by atoms with Gasteiger partial charge in [-0.15, -0.1) is 24.0 Å². The summed E-state index contributed by atoms with van der Waals surface area (Å²) in [5.74, 6) is 0. The molecule has 1 nitrogen and oxygen atoms in total. The molecule has 0 bridgehead atoms. The number of hydrogen-bond acceptors (Lipinski definition) is 1. The molecule has 1 atom stereocenters. The van der Waals surface area contributed by atoms with Crippen LogP contribution in [0.3, 0.4) is 0 Å². The van der Waals surface area contributed by atoms with Crippen LogP contribution in [-0.2, 0) is 0 Å². The van der Waals surface area contributed by atoms with E-state index >= 15 is 0 Å². The van der Waals surface area contributed by atoms with Crippen LogP contribution in [0.5, 0.6) is 0 Å². The van der Waals surface area contributed by atoms with Crippen LogP contribution >= 0.6 is 24.0 Å². The zero-order valence-electron chi connectivity index (χ0n) is 8.82. The molecule has 1 heterocycles. The van der Waals surface area contributed by atoms with Gasteiger partial charge < -0.3 is 4.90 Å². The Morgan fingerprint density at radius 1 is 1.21 bits per heavy atom. The molecule has 1 unspecified atom stereocenters. The third kappa shape index (κ3) is 1.80. The summed E-state index contributed by atoms with van der Waals surface area (Å²) < 4.78 is 0. The average Bonchev–Trinajstić information content (AvgIpc) is 2.15. The molecule has 0 radical (unpaired) electrons. The highest BCUT2D eigenvalue weighted by Crippen LogP contribution is 2.30. The number of nitrogens with zero attached hydrogens (tertiary/aromatic N) is 1. The van der Waals surface area contributed by atoms with Gasteiger partial charge in [-0.3, -0.25) is 0 Å². The summed E-state index contributed by atoms with van der Waals surface area (Å²) >= 11 is 0. The predicted molar refractivity (Wildman–Crippen MR) is 73.4 cm³/mol. The Hall–Kier alpha value is -0.510. The summed E-state index contributed by atoms with van der Waals surface area (Å²) in [4.78, 5) is 2.32. The zero-order valence-corrected chi connectivity index (χ0v) is 11.1. The lowest BCUT2D eigenvalue weighted by molar-refractivity contribution is 0.774. The Balaban J connectivity index is 0.000000980. The van der Waals surface area contributed by atoms with Gasteiger partial charge in [-0.1, -0.05) is 29.8 Å². The summed E-state index contributed by atoms with van der Waals surface area (Å²) in [5.41, 5.74) is 4.10. The number of likely N-dealkylation sites (N-methyl/N-ethyl adjacent to an activating group) is 1. The summed E-state index contributed by atoms with van der Waals surface area (Å²) in [6, 6.07) is 9.05. The highest BCUT2D eigenvalue weighted by Gasteiger charge is 2.18. The number of benzene rings is 1. The topological polar surface area (TPSA) is 3.24 Å². The van der Waals surface area contributed by atoms with Crippen molar-refractivity contribution in [1.29, 1.82) is 0 Å². The zero-order chi connectivity index (χ0) is 9.42. The van der Waals surface area contributed by atoms with Crippen molar-refractivity contribution in [1.82, 2.24) is 0 Å². The highest BCUT2D eigenvalue weighted by atomic mass is 127. The van der Waals surface area contributed by atoms with Crippen LogP contribution in [0.2, 0.25) is 0 Å². The largest absolute Gasteiger partial charge is 0.368 e. The van der Waals surface area contributed by atoms with Gasteiger partial charge in [-0.2, -0.15) is 0 Å². The van der Waals surface area contributed by atoms with E-state index < -0.39 is 0 Å². The van der Waals surface area contributed by atoms with Crippen molar-refractivity contribution < 1.29 is 0 Å². The minimum absolute atomic E-state index is 0. The Morgan fingerprint density at radius 2 is 1.86 bits per heavy atom. The summed E-state index contributed by atoms with van der Waals surface area (Å²) in [7, 11) is 2.15. The quantitative estimate of drug-likeness (QED) is 0.662. The fraction of sp³-hybridized carbons (Fsp3) is 0.333. The Morgan fingerprint density at radius 3 is 2.57 bits per heavy atom. The summed E-state index contributed by atoms with van der Waals surface area (Å²) in [6.07, 6.45) is 2.28. The molecule has 1 aromatic rings. The van der Waals surface area contributed by atoms with E-state index in [1.165, 1.54) is 16.8 Å². The minimum Gasteiger partial charge on any atom is -0.368 e. The Labute approximate surface area is 103 Å². The van der Waals surface area contributed by atoms with Gasteiger partial charge in [-0.25, -0.2) is 0 Å². The molecule has 0 fully saturated rings. The average molecular weight is 301 g/mol. The van der Waals surface area contributed by atoms with E-state index in [-0.39, 0.29) is 24.0 Å². The van der Waals surface area contributed by atoms with E-state index in [0.717, 1.165) is 0 Å². The molecule has 1 aliphatic heterocycles. The standard InChI is InChI=1S/C12H15N.HI/c1-9-8-11-6-4-5-7-12(11)13(3)10(9)2;/h4-8,10H,1-3H3;1H. The van der Waals surface area contributed by atoms with Gasteiger partial charge in [0.25, 0.3) is 0 Å². The van der Waals surface area contributed by atoms with Gasteiger partial charge in [0.1, 0.15) is 0 Å². The lowest BCUT2D eigenvalue weighted by Gasteiger charge is -2.33. The van der Waals surface area contributed by atoms with Crippen molar-refractivity contribution in [3.8, 4) is 0 Å².